The highest BCUT2D eigenvalue weighted by atomic mass is 79.9. The molecule has 0 spiro atoms. The Kier molecular flexibility index (Phi) is 5.22. The van der Waals surface area contributed by atoms with Crippen molar-refractivity contribution in [1.82, 2.24) is 0 Å². The largest absolute Gasteiger partial charge is 0.496 e. The summed E-state index contributed by atoms with van der Waals surface area (Å²) in [6, 6.07) is 7.61. The van der Waals surface area contributed by atoms with Crippen LogP contribution in [0.3, 0.4) is 0 Å². The number of anilines is 1. The summed E-state index contributed by atoms with van der Waals surface area (Å²) in [6.45, 7) is 1.87. The summed E-state index contributed by atoms with van der Waals surface area (Å²) in [7, 11) is 1.58. The van der Waals surface area contributed by atoms with Gasteiger partial charge in [-0.1, -0.05) is 6.07 Å². The molecule has 1 unspecified atom stereocenters. The van der Waals surface area contributed by atoms with E-state index in [0.29, 0.717) is 5.75 Å². The second kappa shape index (κ2) is 6.75. The molecule has 0 heterocycles. The van der Waals surface area contributed by atoms with Crippen LogP contribution in [-0.2, 0) is 0 Å². The Balaban J connectivity index is 2.23. The lowest BCUT2D eigenvalue weighted by Crippen LogP contribution is -2.08. The third-order valence-electron chi connectivity index (χ3n) is 3.06. The van der Waals surface area contributed by atoms with E-state index in [1.165, 1.54) is 0 Å². The summed E-state index contributed by atoms with van der Waals surface area (Å²) >= 11 is 6.36. The first kappa shape index (κ1) is 16.2. The Morgan fingerprint density at radius 2 is 1.76 bits per heavy atom. The molecule has 0 aliphatic rings. The Labute approximate surface area is 138 Å². The second-order valence-corrected chi connectivity index (χ2v) is 6.21. The number of ether oxygens (including phenoxy) is 1. The van der Waals surface area contributed by atoms with E-state index < -0.39 is 11.6 Å². The average Bonchev–Trinajstić information content (AvgIpc) is 2.44. The fourth-order valence-corrected chi connectivity index (χ4v) is 2.78. The molecule has 1 atom stereocenters. The van der Waals surface area contributed by atoms with E-state index in [2.05, 4.69) is 37.2 Å². The molecular formula is C15H13Br2F2NO. The highest BCUT2D eigenvalue weighted by molar-refractivity contribution is 9.10. The molecule has 1 N–H and O–H groups in total. The van der Waals surface area contributed by atoms with Crippen LogP contribution in [0.15, 0.2) is 39.3 Å². The monoisotopic (exact) mass is 419 g/mol. The summed E-state index contributed by atoms with van der Waals surface area (Å²) in [4.78, 5) is 0. The molecule has 0 amide bonds. The molecule has 2 nitrogen and oxygen atoms in total. The first-order valence-electron chi connectivity index (χ1n) is 6.17. The van der Waals surface area contributed by atoms with Gasteiger partial charge in [-0.25, -0.2) is 8.78 Å². The van der Waals surface area contributed by atoms with Crippen LogP contribution in [0.5, 0.6) is 5.75 Å². The maximum Gasteiger partial charge on any atom is 0.147 e. The Morgan fingerprint density at radius 3 is 2.38 bits per heavy atom. The number of hydrogen-bond donors (Lipinski definition) is 1. The topological polar surface area (TPSA) is 21.3 Å². The van der Waals surface area contributed by atoms with Crippen LogP contribution < -0.4 is 10.1 Å². The zero-order valence-corrected chi connectivity index (χ0v) is 14.6. The molecule has 21 heavy (non-hydrogen) atoms. The lowest BCUT2D eigenvalue weighted by atomic mass is 10.1. The molecule has 6 heteroatoms. The Morgan fingerprint density at radius 1 is 1.05 bits per heavy atom. The van der Waals surface area contributed by atoms with Gasteiger partial charge in [0.25, 0.3) is 0 Å². The van der Waals surface area contributed by atoms with Crippen LogP contribution in [0.2, 0.25) is 0 Å². The van der Waals surface area contributed by atoms with Crippen LogP contribution in [0, 0.1) is 11.6 Å². The van der Waals surface area contributed by atoms with E-state index in [-0.39, 0.29) is 16.2 Å². The van der Waals surface area contributed by atoms with Crippen LogP contribution in [0.4, 0.5) is 14.5 Å². The number of hydrogen-bond acceptors (Lipinski definition) is 2. The molecule has 2 aromatic rings. The molecule has 2 aromatic carbocycles. The normalized spacial score (nSPS) is 12.1. The molecule has 112 valence electrons. The fraction of sp³-hybridized carbons (Fsp3) is 0.200. The number of methoxy groups -OCH3 is 1. The lowest BCUT2D eigenvalue weighted by Gasteiger charge is -2.17. The standard InChI is InChI=1S/C15H13Br2F2NO/c1-8(9-3-4-15(21-2)11(17)5-9)20-14-7-12(18)10(16)6-13(14)19/h3-8,20H,1-2H3. The van der Waals surface area contributed by atoms with Crippen molar-refractivity contribution >= 4 is 37.5 Å². The van der Waals surface area contributed by atoms with Crippen LogP contribution in [-0.4, -0.2) is 7.11 Å². The van der Waals surface area contributed by atoms with Gasteiger partial charge >= 0.3 is 0 Å². The molecule has 0 saturated heterocycles. The molecule has 0 fully saturated rings. The van der Waals surface area contributed by atoms with Gasteiger partial charge in [-0.15, -0.1) is 0 Å². The third kappa shape index (κ3) is 3.74. The van der Waals surface area contributed by atoms with Gasteiger partial charge < -0.3 is 10.1 Å². The summed E-state index contributed by atoms with van der Waals surface area (Å²) in [5, 5.41) is 2.96. The zero-order chi connectivity index (χ0) is 15.6. The molecule has 0 aliphatic carbocycles. The van der Waals surface area contributed by atoms with Gasteiger partial charge in [-0.2, -0.15) is 0 Å². The molecule has 0 radical (unpaired) electrons. The lowest BCUT2D eigenvalue weighted by molar-refractivity contribution is 0.412. The van der Waals surface area contributed by atoms with Gasteiger partial charge in [0.2, 0.25) is 0 Å². The molecule has 0 saturated carbocycles. The summed E-state index contributed by atoms with van der Waals surface area (Å²) < 4.78 is 33.4. The average molecular weight is 421 g/mol. The van der Waals surface area contributed by atoms with E-state index in [0.717, 1.165) is 22.2 Å². The van der Waals surface area contributed by atoms with Gasteiger partial charge in [0.1, 0.15) is 17.4 Å². The summed E-state index contributed by atoms with van der Waals surface area (Å²) in [5.74, 6) is -0.309. The van der Waals surface area contributed by atoms with Gasteiger partial charge in [0.15, 0.2) is 0 Å². The SMILES string of the molecule is COc1ccc(C(C)Nc2cc(F)c(Br)cc2F)cc1Br. The predicted molar refractivity (Wildman–Crippen MR) is 86.8 cm³/mol. The number of benzene rings is 2. The first-order chi connectivity index (χ1) is 9.92. The molecule has 0 bridgehead atoms. The Hall–Kier alpha value is -1.14. The molecule has 0 aliphatic heterocycles. The van der Waals surface area contributed by atoms with Gasteiger partial charge in [0, 0.05) is 12.1 Å². The predicted octanol–water partition coefficient (Wildman–Crippen LogP) is 5.67. The maximum atomic E-state index is 13.8. The summed E-state index contributed by atoms with van der Waals surface area (Å²) in [6.07, 6.45) is 0. The number of nitrogens with one attached hydrogen (secondary N) is 1. The van der Waals surface area contributed by atoms with Crippen LogP contribution in [0.1, 0.15) is 18.5 Å². The van der Waals surface area contributed by atoms with E-state index in [4.69, 9.17) is 4.74 Å². The van der Waals surface area contributed by atoms with Crippen molar-refractivity contribution in [3.05, 3.63) is 56.5 Å². The van der Waals surface area contributed by atoms with Crippen molar-refractivity contribution in [2.75, 3.05) is 12.4 Å². The summed E-state index contributed by atoms with van der Waals surface area (Å²) in [5.41, 5.74) is 1.04. The van der Waals surface area contributed by atoms with Crippen molar-refractivity contribution in [1.29, 1.82) is 0 Å². The van der Waals surface area contributed by atoms with Gasteiger partial charge in [0.05, 0.1) is 21.7 Å². The van der Waals surface area contributed by atoms with Crippen molar-refractivity contribution < 1.29 is 13.5 Å². The Bertz CT molecular complexity index is 664. The van der Waals surface area contributed by atoms with Gasteiger partial charge in [-0.05, 0) is 62.5 Å². The van der Waals surface area contributed by atoms with Crippen molar-refractivity contribution in [2.45, 2.75) is 13.0 Å². The van der Waals surface area contributed by atoms with Crippen LogP contribution >= 0.6 is 31.9 Å². The fourth-order valence-electron chi connectivity index (χ4n) is 1.90. The quantitative estimate of drug-likeness (QED) is 0.643. The molecule has 0 aromatic heterocycles. The second-order valence-electron chi connectivity index (χ2n) is 4.51. The smallest absolute Gasteiger partial charge is 0.147 e. The molecular weight excluding hydrogens is 408 g/mol. The molecule has 2 rings (SSSR count). The minimum Gasteiger partial charge on any atom is -0.496 e. The maximum absolute atomic E-state index is 13.8. The highest BCUT2D eigenvalue weighted by Gasteiger charge is 2.13. The zero-order valence-electron chi connectivity index (χ0n) is 11.4. The van der Waals surface area contributed by atoms with E-state index in [1.54, 1.807) is 7.11 Å². The van der Waals surface area contributed by atoms with Gasteiger partial charge in [-0.3, -0.25) is 0 Å². The van der Waals surface area contributed by atoms with Crippen molar-refractivity contribution in [2.24, 2.45) is 0 Å². The van der Waals surface area contributed by atoms with E-state index in [9.17, 15) is 8.78 Å². The number of halogens is 4. The first-order valence-corrected chi connectivity index (χ1v) is 7.75. The van der Waals surface area contributed by atoms with Crippen molar-refractivity contribution in [3.63, 3.8) is 0 Å². The highest BCUT2D eigenvalue weighted by Crippen LogP contribution is 2.31. The van der Waals surface area contributed by atoms with Crippen molar-refractivity contribution in [3.8, 4) is 5.75 Å². The van der Waals surface area contributed by atoms with E-state index in [1.807, 2.05) is 25.1 Å². The van der Waals surface area contributed by atoms with Crippen LogP contribution in [0.25, 0.3) is 0 Å². The minimum atomic E-state index is -0.512. The minimum absolute atomic E-state index is 0.102. The third-order valence-corrected chi connectivity index (χ3v) is 4.29. The van der Waals surface area contributed by atoms with E-state index >= 15 is 0 Å². The number of rotatable bonds is 4.